The van der Waals surface area contributed by atoms with Crippen molar-refractivity contribution in [3.05, 3.63) is 52.9 Å². The molecule has 24 heavy (non-hydrogen) atoms. The molecule has 1 aromatic carbocycles. The molecule has 128 valence electrons. The Kier molecular flexibility index (Phi) is 6.77. The van der Waals surface area contributed by atoms with Crippen LogP contribution in [-0.4, -0.2) is 21.0 Å². The van der Waals surface area contributed by atoms with Crippen molar-refractivity contribution in [3.8, 4) is 0 Å². The molecular formula is C14H11BrCl3N3O2S. The van der Waals surface area contributed by atoms with Crippen molar-refractivity contribution in [2.45, 2.75) is 9.96 Å². The van der Waals surface area contributed by atoms with Crippen LogP contribution >= 0.6 is 63.0 Å². The van der Waals surface area contributed by atoms with Crippen molar-refractivity contribution in [1.82, 2.24) is 10.6 Å². The number of hydrogen-bond acceptors (Lipinski definition) is 3. The summed E-state index contributed by atoms with van der Waals surface area (Å²) in [4.78, 5) is 12.1. The third kappa shape index (κ3) is 5.82. The smallest absolute Gasteiger partial charge is 0.288 e. The van der Waals surface area contributed by atoms with Gasteiger partial charge in [-0.25, -0.2) is 0 Å². The summed E-state index contributed by atoms with van der Waals surface area (Å²) < 4.78 is 4.03. The highest BCUT2D eigenvalue weighted by molar-refractivity contribution is 9.10. The molecule has 0 aliphatic rings. The summed E-state index contributed by atoms with van der Waals surface area (Å²) in [5.74, 6) is -0.462. The number of carbonyl (C=O) groups is 1. The van der Waals surface area contributed by atoms with Crippen LogP contribution in [0.1, 0.15) is 10.6 Å². The van der Waals surface area contributed by atoms with Crippen LogP contribution in [0.4, 0.5) is 5.69 Å². The lowest BCUT2D eigenvalue weighted by atomic mass is 10.3. The second-order valence-electron chi connectivity index (χ2n) is 4.53. The molecule has 0 saturated heterocycles. The van der Waals surface area contributed by atoms with Gasteiger partial charge in [0.05, 0.1) is 6.26 Å². The van der Waals surface area contributed by atoms with Crippen LogP contribution in [0.3, 0.4) is 0 Å². The first-order valence-corrected chi connectivity index (χ1v) is 8.83. The first-order valence-electron chi connectivity index (χ1n) is 6.50. The Labute approximate surface area is 167 Å². The van der Waals surface area contributed by atoms with Crippen molar-refractivity contribution in [3.63, 3.8) is 0 Å². The molecule has 5 nitrogen and oxygen atoms in total. The zero-order valence-corrected chi connectivity index (χ0v) is 16.5. The molecule has 0 spiro atoms. The van der Waals surface area contributed by atoms with Gasteiger partial charge < -0.3 is 20.4 Å². The number of anilines is 1. The van der Waals surface area contributed by atoms with E-state index in [0.29, 0.717) is 0 Å². The number of thiocarbonyl (C=S) groups is 1. The molecular weight excluding hydrogens is 461 g/mol. The molecule has 2 aromatic rings. The molecule has 0 saturated carbocycles. The second kappa shape index (κ2) is 8.40. The van der Waals surface area contributed by atoms with Gasteiger partial charge in [0.15, 0.2) is 10.9 Å². The Bertz CT molecular complexity index is 722. The zero-order valence-electron chi connectivity index (χ0n) is 11.9. The molecule has 0 aliphatic carbocycles. The maximum absolute atomic E-state index is 12.1. The minimum atomic E-state index is -1.84. The molecule has 0 aliphatic heterocycles. The van der Waals surface area contributed by atoms with Gasteiger partial charge in [0.1, 0.15) is 6.17 Å². The van der Waals surface area contributed by atoms with E-state index in [9.17, 15) is 4.79 Å². The quantitative estimate of drug-likeness (QED) is 0.349. The van der Waals surface area contributed by atoms with Gasteiger partial charge in [0.2, 0.25) is 3.79 Å². The average Bonchev–Trinajstić information content (AvgIpc) is 2.99. The molecule has 1 atom stereocenters. The van der Waals surface area contributed by atoms with Crippen LogP contribution in [0.5, 0.6) is 0 Å². The van der Waals surface area contributed by atoms with Gasteiger partial charge in [0, 0.05) is 10.2 Å². The van der Waals surface area contributed by atoms with E-state index in [0.717, 1.165) is 10.2 Å². The minimum absolute atomic E-state index is 0.0851. The van der Waals surface area contributed by atoms with Gasteiger partial charge in [-0.2, -0.15) is 0 Å². The number of carbonyl (C=O) groups excluding carboxylic acids is 1. The lowest BCUT2D eigenvalue weighted by Crippen LogP contribution is -2.56. The topological polar surface area (TPSA) is 66.3 Å². The Hall–Kier alpha value is -0.990. The standard InChI is InChI=1S/C14H11BrCl3N3O2S/c15-8-3-1-4-9(7-8)19-13(24)21-12(14(16,17)18)20-11(22)10-5-2-6-23-10/h1-7,12H,(H,20,22)(H2,19,21,24)/t12-/m1/s1. The van der Waals surface area contributed by atoms with Crippen molar-refractivity contribution < 1.29 is 9.21 Å². The highest BCUT2D eigenvalue weighted by atomic mass is 79.9. The average molecular weight is 472 g/mol. The number of halogens is 4. The molecule has 10 heteroatoms. The largest absolute Gasteiger partial charge is 0.459 e. The highest BCUT2D eigenvalue weighted by Crippen LogP contribution is 2.29. The number of benzene rings is 1. The monoisotopic (exact) mass is 469 g/mol. The van der Waals surface area contributed by atoms with Gasteiger partial charge in [-0.3, -0.25) is 4.79 Å². The third-order valence-electron chi connectivity index (χ3n) is 2.71. The predicted octanol–water partition coefficient (Wildman–Crippen LogP) is 4.45. The molecule has 3 N–H and O–H groups in total. The Morgan fingerprint density at radius 1 is 1.21 bits per heavy atom. The van der Waals surface area contributed by atoms with Crippen LogP contribution in [0.2, 0.25) is 0 Å². The maximum atomic E-state index is 12.1. The van der Waals surface area contributed by atoms with Gasteiger partial charge in [-0.1, -0.05) is 56.8 Å². The number of amides is 1. The molecule has 0 radical (unpaired) electrons. The molecule has 1 heterocycles. The fourth-order valence-electron chi connectivity index (χ4n) is 1.67. The fraction of sp³-hybridized carbons (Fsp3) is 0.143. The Morgan fingerprint density at radius 3 is 2.54 bits per heavy atom. The van der Waals surface area contributed by atoms with Gasteiger partial charge >= 0.3 is 0 Å². The van der Waals surface area contributed by atoms with Gasteiger partial charge in [-0.15, -0.1) is 0 Å². The minimum Gasteiger partial charge on any atom is -0.459 e. The lowest BCUT2D eigenvalue weighted by Gasteiger charge is -2.27. The SMILES string of the molecule is O=C(N[C@H](NC(=S)Nc1cccc(Br)c1)C(Cl)(Cl)Cl)c1ccco1. The third-order valence-corrected chi connectivity index (χ3v) is 4.07. The fourth-order valence-corrected chi connectivity index (χ4v) is 2.64. The molecule has 0 bridgehead atoms. The van der Waals surface area contributed by atoms with E-state index >= 15 is 0 Å². The molecule has 0 unspecified atom stereocenters. The molecule has 1 amide bonds. The van der Waals surface area contributed by atoms with Crippen LogP contribution in [0.15, 0.2) is 51.6 Å². The summed E-state index contributed by atoms with van der Waals surface area (Å²) in [6.45, 7) is 0. The summed E-state index contributed by atoms with van der Waals surface area (Å²) >= 11 is 26.3. The van der Waals surface area contributed by atoms with Crippen LogP contribution in [0.25, 0.3) is 0 Å². The van der Waals surface area contributed by atoms with Crippen molar-refractivity contribution in [2.24, 2.45) is 0 Å². The number of nitrogens with one attached hydrogen (secondary N) is 3. The van der Waals surface area contributed by atoms with E-state index in [1.807, 2.05) is 24.3 Å². The number of alkyl halides is 3. The summed E-state index contributed by atoms with van der Waals surface area (Å²) in [7, 11) is 0. The second-order valence-corrected chi connectivity index (χ2v) is 8.23. The van der Waals surface area contributed by atoms with Crippen molar-refractivity contribution in [2.75, 3.05) is 5.32 Å². The maximum Gasteiger partial charge on any atom is 0.288 e. The first-order chi connectivity index (χ1) is 11.3. The number of rotatable bonds is 4. The van der Waals surface area contributed by atoms with Crippen molar-refractivity contribution in [1.29, 1.82) is 0 Å². The van der Waals surface area contributed by atoms with E-state index in [2.05, 4.69) is 31.9 Å². The summed E-state index contributed by atoms with van der Waals surface area (Å²) in [6.07, 6.45) is 0.291. The highest BCUT2D eigenvalue weighted by Gasteiger charge is 2.35. The van der Waals surface area contributed by atoms with E-state index in [4.69, 9.17) is 51.4 Å². The van der Waals surface area contributed by atoms with Gasteiger partial charge in [0.25, 0.3) is 5.91 Å². The first kappa shape index (κ1) is 19.3. The van der Waals surface area contributed by atoms with Crippen molar-refractivity contribution >= 4 is 79.7 Å². The summed E-state index contributed by atoms with van der Waals surface area (Å²) in [5.41, 5.74) is 0.724. The molecule has 1 aromatic heterocycles. The van der Waals surface area contributed by atoms with Crippen LogP contribution < -0.4 is 16.0 Å². The zero-order chi connectivity index (χ0) is 17.7. The summed E-state index contributed by atoms with van der Waals surface area (Å²) in [5, 5.41) is 8.37. The predicted molar refractivity (Wildman–Crippen MR) is 104 cm³/mol. The lowest BCUT2D eigenvalue weighted by molar-refractivity contribution is 0.0906. The van der Waals surface area contributed by atoms with Crippen LogP contribution in [0, 0.1) is 0 Å². The van der Waals surface area contributed by atoms with Crippen LogP contribution in [-0.2, 0) is 0 Å². The molecule has 2 rings (SSSR count). The summed E-state index contributed by atoms with van der Waals surface area (Å²) in [6, 6.07) is 10.4. The van der Waals surface area contributed by atoms with E-state index in [1.54, 1.807) is 6.07 Å². The van der Waals surface area contributed by atoms with Gasteiger partial charge in [-0.05, 0) is 42.5 Å². The Balaban J connectivity index is 2.03. The Morgan fingerprint density at radius 2 is 1.96 bits per heavy atom. The molecule has 0 fully saturated rings. The van der Waals surface area contributed by atoms with E-state index in [1.165, 1.54) is 12.3 Å². The number of hydrogen-bond donors (Lipinski definition) is 3. The number of furan rings is 1. The van der Waals surface area contributed by atoms with E-state index < -0.39 is 15.9 Å². The normalized spacial score (nSPS) is 12.3. The van der Waals surface area contributed by atoms with E-state index in [-0.39, 0.29) is 10.9 Å².